The normalized spacial score (nSPS) is 22.8. The first-order valence-electron chi connectivity index (χ1n) is 9.69. The van der Waals surface area contributed by atoms with Crippen LogP contribution in [0.1, 0.15) is 43.4 Å². The number of aryl methyl sites for hydroxylation is 2. The third-order valence-corrected chi connectivity index (χ3v) is 6.02. The molecule has 0 aliphatic carbocycles. The number of rotatable bonds is 4. The highest BCUT2D eigenvalue weighted by molar-refractivity contribution is 5.83. The zero-order valence-corrected chi connectivity index (χ0v) is 15.4. The molecular formula is C21H26N4O. The van der Waals surface area contributed by atoms with E-state index >= 15 is 0 Å². The van der Waals surface area contributed by atoms with E-state index in [0.29, 0.717) is 17.5 Å². The smallest absolute Gasteiger partial charge is 0.239 e. The lowest BCUT2D eigenvalue weighted by Crippen LogP contribution is -2.45. The number of aromatic nitrogens is 1. The van der Waals surface area contributed by atoms with Gasteiger partial charge in [0.15, 0.2) is 0 Å². The van der Waals surface area contributed by atoms with Gasteiger partial charge < -0.3 is 14.8 Å². The molecule has 1 N–H and O–H groups in total. The molecule has 1 aromatic carbocycles. The number of nitrogens with zero attached hydrogens (tertiary/aromatic N) is 3. The minimum absolute atomic E-state index is 0.0395. The number of likely N-dealkylation sites (tertiary alicyclic amines) is 1. The summed E-state index contributed by atoms with van der Waals surface area (Å²) < 4.78 is 2.22. The van der Waals surface area contributed by atoms with Crippen LogP contribution in [0.15, 0.2) is 24.3 Å². The van der Waals surface area contributed by atoms with Crippen molar-refractivity contribution in [1.82, 2.24) is 14.8 Å². The minimum atomic E-state index is 0.0395. The fourth-order valence-corrected chi connectivity index (χ4v) is 4.55. The lowest BCUT2D eigenvalue weighted by atomic mass is 10.1. The summed E-state index contributed by atoms with van der Waals surface area (Å²) in [6.07, 6.45) is 6.28. The summed E-state index contributed by atoms with van der Waals surface area (Å²) in [5.74, 6) is 0.306. The molecule has 5 nitrogen and oxygen atoms in total. The van der Waals surface area contributed by atoms with Crippen LogP contribution in [0.5, 0.6) is 0 Å². The van der Waals surface area contributed by atoms with E-state index in [1.165, 1.54) is 5.69 Å². The van der Waals surface area contributed by atoms with Crippen LogP contribution in [0.3, 0.4) is 0 Å². The molecule has 0 bridgehead atoms. The molecule has 136 valence electrons. The number of fused-ring (bicyclic) bond motifs is 1. The fraction of sp³-hybridized carbons (Fsp3) is 0.524. The Kier molecular flexibility index (Phi) is 4.69. The summed E-state index contributed by atoms with van der Waals surface area (Å²) in [5.41, 5.74) is 3.13. The molecule has 4 rings (SSSR count). The predicted octanol–water partition coefficient (Wildman–Crippen LogP) is 2.73. The van der Waals surface area contributed by atoms with Crippen molar-refractivity contribution in [2.75, 3.05) is 13.1 Å². The molecular weight excluding hydrogens is 324 g/mol. The Bertz CT molecular complexity index is 857. The Morgan fingerprint density at radius 1 is 1.31 bits per heavy atom. The van der Waals surface area contributed by atoms with Gasteiger partial charge in [0.05, 0.1) is 17.7 Å². The second-order valence-corrected chi connectivity index (χ2v) is 7.60. The number of nitrogens with one attached hydrogen (secondary N) is 1. The first-order chi connectivity index (χ1) is 12.7. The number of benzene rings is 1. The average molecular weight is 350 g/mol. The summed E-state index contributed by atoms with van der Waals surface area (Å²) in [4.78, 5) is 14.9. The first kappa shape index (κ1) is 17.1. The molecule has 5 heteroatoms. The van der Waals surface area contributed by atoms with Crippen molar-refractivity contribution in [2.24, 2.45) is 7.05 Å². The maximum absolute atomic E-state index is 12.8. The minimum Gasteiger partial charge on any atom is -0.348 e. The molecule has 2 saturated heterocycles. The van der Waals surface area contributed by atoms with Crippen LogP contribution in [0, 0.1) is 11.3 Å². The van der Waals surface area contributed by atoms with Crippen LogP contribution in [0.2, 0.25) is 0 Å². The van der Waals surface area contributed by atoms with Gasteiger partial charge in [-0.25, -0.2) is 0 Å². The van der Waals surface area contributed by atoms with Crippen LogP contribution < -0.4 is 5.32 Å². The van der Waals surface area contributed by atoms with Gasteiger partial charge in [0.25, 0.3) is 0 Å². The molecule has 2 aliphatic rings. The highest BCUT2D eigenvalue weighted by Crippen LogP contribution is 2.26. The molecule has 0 spiro atoms. The molecule has 0 saturated carbocycles. The summed E-state index contributed by atoms with van der Waals surface area (Å²) >= 11 is 0. The van der Waals surface area contributed by atoms with Crippen molar-refractivity contribution < 1.29 is 4.79 Å². The number of hydrogen-bond acceptors (Lipinski definition) is 3. The summed E-state index contributed by atoms with van der Waals surface area (Å²) in [6.45, 7) is 1.87. The maximum Gasteiger partial charge on any atom is 0.239 e. The van der Waals surface area contributed by atoms with Crippen molar-refractivity contribution in [1.29, 1.82) is 5.26 Å². The lowest BCUT2D eigenvalue weighted by molar-refractivity contribution is -0.134. The predicted molar refractivity (Wildman–Crippen MR) is 102 cm³/mol. The van der Waals surface area contributed by atoms with E-state index in [2.05, 4.69) is 34.0 Å². The average Bonchev–Trinajstić information content (AvgIpc) is 3.40. The van der Waals surface area contributed by atoms with Crippen LogP contribution in [-0.4, -0.2) is 40.5 Å². The van der Waals surface area contributed by atoms with Gasteiger partial charge in [-0.1, -0.05) is 0 Å². The third-order valence-electron chi connectivity index (χ3n) is 6.02. The van der Waals surface area contributed by atoms with Crippen molar-refractivity contribution in [3.05, 3.63) is 35.5 Å². The van der Waals surface area contributed by atoms with E-state index in [1.807, 2.05) is 18.2 Å². The molecule has 2 atom stereocenters. The van der Waals surface area contributed by atoms with E-state index < -0.39 is 0 Å². The number of hydrogen-bond donors (Lipinski definition) is 1. The van der Waals surface area contributed by atoms with Gasteiger partial charge in [-0.2, -0.15) is 5.26 Å². The summed E-state index contributed by atoms with van der Waals surface area (Å²) in [6, 6.07) is 10.6. The first-order valence-corrected chi connectivity index (χ1v) is 9.69. The summed E-state index contributed by atoms with van der Waals surface area (Å²) in [5, 5.41) is 13.6. The van der Waals surface area contributed by atoms with Crippen molar-refractivity contribution in [3.8, 4) is 6.07 Å². The highest BCUT2D eigenvalue weighted by Gasteiger charge is 2.33. The molecule has 1 amide bonds. The van der Waals surface area contributed by atoms with Gasteiger partial charge in [0, 0.05) is 36.2 Å². The van der Waals surface area contributed by atoms with E-state index in [-0.39, 0.29) is 6.04 Å². The van der Waals surface area contributed by atoms with Crippen LogP contribution in [0.4, 0.5) is 0 Å². The van der Waals surface area contributed by atoms with Gasteiger partial charge in [-0.05, 0) is 69.3 Å². The monoisotopic (exact) mass is 350 g/mol. The molecule has 2 aliphatic heterocycles. The van der Waals surface area contributed by atoms with Crippen LogP contribution in [-0.2, 0) is 18.3 Å². The summed E-state index contributed by atoms with van der Waals surface area (Å²) in [7, 11) is 2.09. The molecule has 1 aromatic heterocycles. The van der Waals surface area contributed by atoms with Gasteiger partial charge in [-0.3, -0.25) is 4.79 Å². The zero-order valence-electron chi connectivity index (χ0n) is 15.4. The largest absolute Gasteiger partial charge is 0.348 e. The molecule has 2 fully saturated rings. The third kappa shape index (κ3) is 3.10. The number of amides is 1. The van der Waals surface area contributed by atoms with Crippen LogP contribution in [0.25, 0.3) is 10.9 Å². The maximum atomic E-state index is 12.8. The van der Waals surface area contributed by atoms with Gasteiger partial charge in [0.2, 0.25) is 5.91 Å². The number of carbonyl (C=O) groups excluding carboxylic acids is 1. The molecule has 3 heterocycles. The Morgan fingerprint density at radius 3 is 2.96 bits per heavy atom. The zero-order chi connectivity index (χ0) is 18.1. The Balaban J connectivity index is 1.46. The van der Waals surface area contributed by atoms with Gasteiger partial charge in [0.1, 0.15) is 0 Å². The van der Waals surface area contributed by atoms with Crippen molar-refractivity contribution in [2.45, 2.75) is 50.6 Å². The number of nitriles is 1. The Hall–Kier alpha value is -2.32. The highest BCUT2D eigenvalue weighted by atomic mass is 16.2. The second kappa shape index (κ2) is 7.13. The molecule has 0 unspecified atom stereocenters. The SMILES string of the molecule is Cn1c(CC[C@@H]2CCCN2C(=O)[C@H]2CCCN2)cc2cc(C#N)ccc21. The number of carbonyl (C=O) groups is 1. The molecule has 2 aromatic rings. The fourth-order valence-electron chi connectivity index (χ4n) is 4.55. The van der Waals surface area contributed by atoms with E-state index in [9.17, 15) is 4.79 Å². The van der Waals surface area contributed by atoms with Crippen LogP contribution >= 0.6 is 0 Å². The standard InChI is InChI=1S/C21H26N4O/c1-24-18(13-16-12-15(14-22)6-9-20(16)24)8-7-17-4-3-11-25(17)21(26)19-5-2-10-23-19/h6,9,12-13,17,19,23H,2-5,7-8,10-11H2,1H3/t17-,19+/m0/s1. The molecule has 0 radical (unpaired) electrons. The van der Waals surface area contributed by atoms with Crippen molar-refractivity contribution in [3.63, 3.8) is 0 Å². The Morgan fingerprint density at radius 2 is 2.19 bits per heavy atom. The quantitative estimate of drug-likeness (QED) is 0.922. The topological polar surface area (TPSA) is 61.1 Å². The van der Waals surface area contributed by atoms with E-state index in [0.717, 1.165) is 62.5 Å². The second-order valence-electron chi connectivity index (χ2n) is 7.60. The van der Waals surface area contributed by atoms with Crippen molar-refractivity contribution >= 4 is 16.8 Å². The van der Waals surface area contributed by atoms with E-state index in [4.69, 9.17) is 5.26 Å². The lowest BCUT2D eigenvalue weighted by Gasteiger charge is -2.27. The molecule has 26 heavy (non-hydrogen) atoms. The van der Waals surface area contributed by atoms with Gasteiger partial charge in [-0.15, -0.1) is 0 Å². The van der Waals surface area contributed by atoms with E-state index in [1.54, 1.807) is 0 Å². The van der Waals surface area contributed by atoms with Gasteiger partial charge >= 0.3 is 0 Å². The Labute approximate surface area is 154 Å².